The summed E-state index contributed by atoms with van der Waals surface area (Å²) in [6.07, 6.45) is -3.57. The smallest absolute Gasteiger partial charge is 0.288 e. The molecule has 0 saturated carbocycles. The van der Waals surface area contributed by atoms with E-state index in [0.29, 0.717) is 20.7 Å². The molecular formula is C9H2Br2F3NOS2. The molecule has 0 radical (unpaired) electrons. The topological polar surface area (TPSA) is 30.0 Å². The van der Waals surface area contributed by atoms with Gasteiger partial charge < -0.3 is 0 Å². The molecule has 96 valence electrons. The van der Waals surface area contributed by atoms with Crippen molar-refractivity contribution in [3.63, 3.8) is 0 Å². The molecule has 2 nitrogen and oxygen atoms in total. The quantitative estimate of drug-likeness (QED) is 0.641. The van der Waals surface area contributed by atoms with Crippen LogP contribution in [0.4, 0.5) is 13.2 Å². The lowest BCUT2D eigenvalue weighted by Crippen LogP contribution is -2.03. The molecule has 0 bridgehead atoms. The molecule has 2 aromatic heterocycles. The molecule has 0 saturated heterocycles. The van der Waals surface area contributed by atoms with E-state index in [1.54, 1.807) is 6.07 Å². The second-order valence-corrected chi connectivity index (χ2v) is 7.87. The first-order chi connectivity index (χ1) is 8.29. The standard InChI is InChI=1S/C9H2Br2F3NOS2/c10-5-1-3(7(11)18-5)6(16)4-2-15-8(17-4)9(12,13)14/h1-2H. The Bertz CT molecular complexity index is 605. The summed E-state index contributed by atoms with van der Waals surface area (Å²) in [5, 5.41) is -1.02. The van der Waals surface area contributed by atoms with Crippen molar-refractivity contribution in [3.05, 3.63) is 35.3 Å². The van der Waals surface area contributed by atoms with Crippen LogP contribution < -0.4 is 0 Å². The normalized spacial score (nSPS) is 11.8. The van der Waals surface area contributed by atoms with Gasteiger partial charge in [-0.2, -0.15) is 13.2 Å². The molecule has 0 aliphatic carbocycles. The van der Waals surface area contributed by atoms with Crippen LogP contribution in [0, 0.1) is 0 Å². The number of nitrogens with zero attached hydrogens (tertiary/aromatic N) is 1. The number of halogens is 5. The minimum Gasteiger partial charge on any atom is -0.288 e. The molecule has 2 heterocycles. The van der Waals surface area contributed by atoms with E-state index in [2.05, 4.69) is 36.8 Å². The minimum absolute atomic E-state index is 0.0340. The summed E-state index contributed by atoms with van der Waals surface area (Å²) in [7, 11) is 0. The van der Waals surface area contributed by atoms with E-state index in [0.717, 1.165) is 9.98 Å². The Morgan fingerprint density at radius 2 is 1.94 bits per heavy atom. The molecule has 2 rings (SSSR count). The molecule has 18 heavy (non-hydrogen) atoms. The van der Waals surface area contributed by atoms with E-state index in [4.69, 9.17) is 0 Å². The lowest BCUT2D eigenvalue weighted by molar-refractivity contribution is -0.137. The van der Waals surface area contributed by atoms with Crippen LogP contribution in [0.2, 0.25) is 0 Å². The van der Waals surface area contributed by atoms with Crippen molar-refractivity contribution in [3.8, 4) is 0 Å². The molecular weight excluding hydrogens is 419 g/mol. The Hall–Kier alpha value is -0.250. The first-order valence-electron chi connectivity index (χ1n) is 4.31. The number of hydrogen-bond donors (Lipinski definition) is 0. The van der Waals surface area contributed by atoms with Gasteiger partial charge in [0, 0.05) is 11.8 Å². The maximum atomic E-state index is 12.4. The van der Waals surface area contributed by atoms with Crippen molar-refractivity contribution in [2.45, 2.75) is 6.18 Å². The maximum absolute atomic E-state index is 12.4. The van der Waals surface area contributed by atoms with Crippen LogP contribution in [-0.4, -0.2) is 10.8 Å². The lowest BCUT2D eigenvalue weighted by Gasteiger charge is -1.98. The minimum atomic E-state index is -4.52. The number of carbonyl (C=O) groups is 1. The third-order valence-corrected chi connectivity index (χ3v) is 5.25. The average molecular weight is 421 g/mol. The number of thiazole rings is 1. The van der Waals surface area contributed by atoms with Gasteiger partial charge in [0.05, 0.1) is 12.4 Å². The highest BCUT2D eigenvalue weighted by atomic mass is 79.9. The molecule has 0 fully saturated rings. The third-order valence-electron chi connectivity index (χ3n) is 1.87. The summed E-state index contributed by atoms with van der Waals surface area (Å²) < 4.78 is 38.4. The Morgan fingerprint density at radius 3 is 2.39 bits per heavy atom. The van der Waals surface area contributed by atoms with Gasteiger partial charge in [-0.1, -0.05) is 0 Å². The van der Waals surface area contributed by atoms with Crippen LogP contribution in [0.3, 0.4) is 0 Å². The van der Waals surface area contributed by atoms with Gasteiger partial charge in [0.15, 0.2) is 5.01 Å². The number of ketones is 1. The van der Waals surface area contributed by atoms with Crippen molar-refractivity contribution >= 4 is 60.3 Å². The van der Waals surface area contributed by atoms with Crippen molar-refractivity contribution in [1.82, 2.24) is 4.98 Å². The Morgan fingerprint density at radius 1 is 1.28 bits per heavy atom. The monoisotopic (exact) mass is 419 g/mol. The molecule has 0 amide bonds. The Labute approximate surface area is 124 Å². The lowest BCUT2D eigenvalue weighted by atomic mass is 10.2. The third kappa shape index (κ3) is 2.84. The first-order valence-corrected chi connectivity index (χ1v) is 7.53. The summed E-state index contributed by atoms with van der Waals surface area (Å²) in [6.45, 7) is 0. The SMILES string of the molecule is O=C(c1cnc(C(F)(F)F)s1)c1cc(Br)sc1Br. The number of carbonyl (C=O) groups excluding carboxylic acids is 1. The molecule has 0 spiro atoms. The molecule has 9 heteroatoms. The summed E-state index contributed by atoms with van der Waals surface area (Å²) in [6, 6.07) is 1.56. The highest BCUT2D eigenvalue weighted by Gasteiger charge is 2.35. The van der Waals surface area contributed by atoms with Gasteiger partial charge in [-0.3, -0.25) is 4.79 Å². The van der Waals surface area contributed by atoms with Crippen molar-refractivity contribution in [2.24, 2.45) is 0 Å². The Kier molecular flexibility index (Phi) is 3.96. The fourth-order valence-electron chi connectivity index (χ4n) is 1.14. The van der Waals surface area contributed by atoms with Crippen molar-refractivity contribution in [1.29, 1.82) is 0 Å². The molecule has 0 aromatic carbocycles. The average Bonchev–Trinajstić information content (AvgIpc) is 2.83. The van der Waals surface area contributed by atoms with Crippen molar-refractivity contribution in [2.75, 3.05) is 0 Å². The molecule has 0 aliphatic rings. The van der Waals surface area contributed by atoms with Crippen LogP contribution in [0.15, 0.2) is 19.8 Å². The van der Waals surface area contributed by atoms with Crippen LogP contribution in [0.5, 0.6) is 0 Å². The number of alkyl halides is 3. The van der Waals surface area contributed by atoms with E-state index in [-0.39, 0.29) is 4.88 Å². The van der Waals surface area contributed by atoms with Crippen LogP contribution in [0.1, 0.15) is 20.2 Å². The second-order valence-electron chi connectivity index (χ2n) is 3.09. The first kappa shape index (κ1) is 14.2. The number of rotatable bonds is 2. The zero-order valence-corrected chi connectivity index (χ0v) is 13.0. The fourth-order valence-corrected chi connectivity index (χ4v) is 4.67. The maximum Gasteiger partial charge on any atom is 0.443 e. The molecule has 2 aromatic rings. The van der Waals surface area contributed by atoms with Gasteiger partial charge in [0.2, 0.25) is 5.78 Å². The van der Waals surface area contributed by atoms with Gasteiger partial charge in [0.25, 0.3) is 0 Å². The van der Waals surface area contributed by atoms with Crippen LogP contribution >= 0.6 is 54.5 Å². The van der Waals surface area contributed by atoms with Gasteiger partial charge in [0.1, 0.15) is 0 Å². The van der Waals surface area contributed by atoms with Gasteiger partial charge in [-0.25, -0.2) is 4.98 Å². The predicted octanol–water partition coefficient (Wildman–Crippen LogP) is 4.98. The molecule has 0 atom stereocenters. The zero-order chi connectivity index (χ0) is 13.5. The largest absolute Gasteiger partial charge is 0.443 e. The van der Waals surface area contributed by atoms with Crippen molar-refractivity contribution < 1.29 is 18.0 Å². The summed E-state index contributed by atoms with van der Waals surface area (Å²) >= 11 is 8.02. The number of aromatic nitrogens is 1. The predicted molar refractivity (Wildman–Crippen MR) is 70.3 cm³/mol. The summed E-state index contributed by atoms with van der Waals surface area (Å²) in [5.41, 5.74) is 0.323. The highest BCUT2D eigenvalue weighted by molar-refractivity contribution is 9.12. The Balaban J connectivity index is 2.35. The summed E-state index contributed by atoms with van der Waals surface area (Å²) in [4.78, 5) is 15.2. The van der Waals surface area contributed by atoms with Crippen LogP contribution in [0.25, 0.3) is 0 Å². The van der Waals surface area contributed by atoms with Gasteiger partial charge in [-0.05, 0) is 37.9 Å². The highest BCUT2D eigenvalue weighted by Crippen LogP contribution is 2.36. The zero-order valence-electron chi connectivity index (χ0n) is 8.22. The van der Waals surface area contributed by atoms with E-state index in [9.17, 15) is 18.0 Å². The van der Waals surface area contributed by atoms with Crippen LogP contribution in [-0.2, 0) is 6.18 Å². The molecule has 0 unspecified atom stereocenters. The summed E-state index contributed by atoms with van der Waals surface area (Å²) in [5.74, 6) is -0.475. The molecule has 0 N–H and O–H groups in total. The van der Waals surface area contributed by atoms with Gasteiger partial charge >= 0.3 is 6.18 Å². The fraction of sp³-hybridized carbons (Fsp3) is 0.111. The van der Waals surface area contributed by atoms with Gasteiger partial charge in [-0.15, -0.1) is 22.7 Å². The number of hydrogen-bond acceptors (Lipinski definition) is 4. The molecule has 0 aliphatic heterocycles. The van der Waals surface area contributed by atoms with E-state index < -0.39 is 17.0 Å². The van der Waals surface area contributed by atoms with E-state index in [1.165, 1.54) is 11.3 Å². The van der Waals surface area contributed by atoms with E-state index >= 15 is 0 Å². The second kappa shape index (κ2) is 5.03. The number of thiophene rings is 1. The van der Waals surface area contributed by atoms with E-state index in [1.807, 2.05) is 0 Å².